The fourth-order valence-electron chi connectivity index (χ4n) is 2.42. The molecule has 0 saturated carbocycles. The van der Waals surface area contributed by atoms with E-state index in [1.54, 1.807) is 0 Å². The number of likely N-dealkylation sites (tertiary alicyclic amines) is 1. The van der Waals surface area contributed by atoms with Crippen molar-refractivity contribution in [1.29, 1.82) is 0 Å². The van der Waals surface area contributed by atoms with E-state index in [0.717, 1.165) is 19.6 Å². The fraction of sp³-hybridized carbons (Fsp3) is 0.923. The van der Waals surface area contributed by atoms with Gasteiger partial charge >= 0.3 is 5.97 Å². The molecule has 18 heavy (non-hydrogen) atoms. The number of hydrogen-bond acceptors (Lipinski definition) is 4. The number of rotatable bonds is 8. The lowest BCUT2D eigenvalue weighted by Gasteiger charge is -2.33. The highest BCUT2D eigenvalue weighted by molar-refractivity contribution is 5.66. The van der Waals surface area contributed by atoms with Crippen molar-refractivity contribution in [1.82, 2.24) is 15.1 Å². The summed E-state index contributed by atoms with van der Waals surface area (Å²) in [6.45, 7) is 5.12. The molecule has 0 aromatic rings. The molecule has 0 bridgehead atoms. The first-order chi connectivity index (χ1) is 8.58. The molecule has 1 aliphatic rings. The summed E-state index contributed by atoms with van der Waals surface area (Å²) in [6, 6.07) is 0.470. The summed E-state index contributed by atoms with van der Waals surface area (Å²) in [4.78, 5) is 15.2. The molecule has 1 unspecified atom stereocenters. The second kappa shape index (κ2) is 8.45. The Morgan fingerprint density at radius 3 is 2.94 bits per heavy atom. The Balaban J connectivity index is 2.13. The summed E-state index contributed by atoms with van der Waals surface area (Å²) < 4.78 is 0. The molecule has 1 saturated heterocycles. The van der Waals surface area contributed by atoms with E-state index in [1.807, 2.05) is 0 Å². The molecule has 0 radical (unpaired) electrons. The zero-order chi connectivity index (χ0) is 13.4. The maximum atomic E-state index is 10.5. The normalized spacial score (nSPS) is 21.4. The minimum absolute atomic E-state index is 0.219. The van der Waals surface area contributed by atoms with Gasteiger partial charge in [-0.1, -0.05) is 0 Å². The van der Waals surface area contributed by atoms with Gasteiger partial charge in [-0.2, -0.15) is 0 Å². The Hall–Kier alpha value is -0.650. The zero-order valence-corrected chi connectivity index (χ0v) is 11.7. The lowest BCUT2D eigenvalue weighted by atomic mass is 10.1. The van der Waals surface area contributed by atoms with Gasteiger partial charge in [0.05, 0.1) is 6.42 Å². The van der Waals surface area contributed by atoms with Crippen molar-refractivity contribution in [2.24, 2.45) is 0 Å². The largest absolute Gasteiger partial charge is 0.481 e. The molecule has 2 N–H and O–H groups in total. The van der Waals surface area contributed by atoms with Crippen LogP contribution in [0.4, 0.5) is 0 Å². The van der Waals surface area contributed by atoms with Crippen LogP contribution in [0.3, 0.4) is 0 Å². The number of carbonyl (C=O) groups is 1. The van der Waals surface area contributed by atoms with Crippen LogP contribution in [-0.2, 0) is 4.79 Å². The summed E-state index contributed by atoms with van der Waals surface area (Å²) in [7, 11) is 4.21. The second-order valence-corrected chi connectivity index (χ2v) is 5.39. The van der Waals surface area contributed by atoms with Crippen molar-refractivity contribution in [3.63, 3.8) is 0 Å². The maximum absolute atomic E-state index is 10.5. The first kappa shape index (κ1) is 15.4. The van der Waals surface area contributed by atoms with Gasteiger partial charge < -0.3 is 20.2 Å². The van der Waals surface area contributed by atoms with Gasteiger partial charge in [-0.3, -0.25) is 4.79 Å². The molecule has 5 heteroatoms. The first-order valence-corrected chi connectivity index (χ1v) is 6.90. The van der Waals surface area contributed by atoms with Crippen LogP contribution in [0.15, 0.2) is 0 Å². The molecule has 1 aliphatic heterocycles. The Morgan fingerprint density at radius 2 is 2.28 bits per heavy atom. The summed E-state index contributed by atoms with van der Waals surface area (Å²) in [5, 5.41) is 12.0. The highest BCUT2D eigenvalue weighted by atomic mass is 16.4. The molecule has 0 aromatic heterocycles. The van der Waals surface area contributed by atoms with E-state index >= 15 is 0 Å². The fourth-order valence-corrected chi connectivity index (χ4v) is 2.42. The van der Waals surface area contributed by atoms with Crippen LogP contribution in [0.2, 0.25) is 0 Å². The minimum Gasteiger partial charge on any atom is -0.481 e. The summed E-state index contributed by atoms with van der Waals surface area (Å²) in [6.07, 6.45) is 3.81. The van der Waals surface area contributed by atoms with Crippen LogP contribution in [-0.4, -0.2) is 73.7 Å². The summed E-state index contributed by atoms with van der Waals surface area (Å²) >= 11 is 0. The van der Waals surface area contributed by atoms with Crippen molar-refractivity contribution in [3.05, 3.63) is 0 Å². The van der Waals surface area contributed by atoms with Crippen LogP contribution in [0.5, 0.6) is 0 Å². The van der Waals surface area contributed by atoms with Crippen molar-refractivity contribution >= 4 is 5.97 Å². The molecule has 1 atom stereocenters. The van der Waals surface area contributed by atoms with Crippen molar-refractivity contribution in [2.45, 2.75) is 31.7 Å². The third-order valence-corrected chi connectivity index (χ3v) is 3.36. The molecule has 0 aromatic carbocycles. The minimum atomic E-state index is -0.721. The van der Waals surface area contributed by atoms with Gasteiger partial charge in [0.2, 0.25) is 0 Å². The Kier molecular flexibility index (Phi) is 7.23. The molecule has 106 valence electrons. The molecule has 1 heterocycles. The van der Waals surface area contributed by atoms with E-state index in [-0.39, 0.29) is 6.42 Å². The quantitative estimate of drug-likeness (QED) is 0.662. The Bertz CT molecular complexity index is 246. The predicted molar refractivity (Wildman–Crippen MR) is 72.9 cm³/mol. The van der Waals surface area contributed by atoms with E-state index < -0.39 is 5.97 Å². The van der Waals surface area contributed by atoms with Gasteiger partial charge in [-0.15, -0.1) is 0 Å². The number of aliphatic carboxylic acids is 1. The first-order valence-electron chi connectivity index (χ1n) is 6.90. The third kappa shape index (κ3) is 6.93. The monoisotopic (exact) mass is 257 g/mol. The number of carboxylic acids is 1. The van der Waals surface area contributed by atoms with Crippen LogP contribution >= 0.6 is 0 Å². The van der Waals surface area contributed by atoms with E-state index in [1.165, 1.54) is 25.8 Å². The number of nitrogens with one attached hydrogen (secondary N) is 1. The SMILES string of the molecule is CN(C)CCCN1CCCC(NCCC(=O)O)C1. The summed E-state index contributed by atoms with van der Waals surface area (Å²) in [5.41, 5.74) is 0. The van der Waals surface area contributed by atoms with Crippen LogP contribution < -0.4 is 5.32 Å². The van der Waals surface area contributed by atoms with Crippen LogP contribution in [0.1, 0.15) is 25.7 Å². The topological polar surface area (TPSA) is 55.8 Å². The number of hydrogen-bond donors (Lipinski definition) is 2. The van der Waals surface area contributed by atoms with Gasteiger partial charge in [0.15, 0.2) is 0 Å². The standard InChI is InChI=1S/C13H27N3O2/c1-15(2)8-4-10-16-9-3-5-12(11-16)14-7-6-13(17)18/h12,14H,3-11H2,1-2H3,(H,17,18). The van der Waals surface area contributed by atoms with Crippen LogP contribution in [0, 0.1) is 0 Å². The van der Waals surface area contributed by atoms with E-state index in [2.05, 4.69) is 29.2 Å². The molecule has 1 rings (SSSR count). The van der Waals surface area contributed by atoms with Gasteiger partial charge in [0.1, 0.15) is 0 Å². The van der Waals surface area contributed by atoms with Crippen molar-refractivity contribution in [3.8, 4) is 0 Å². The number of nitrogens with zero attached hydrogens (tertiary/aromatic N) is 2. The average Bonchev–Trinajstić information content (AvgIpc) is 2.28. The third-order valence-electron chi connectivity index (χ3n) is 3.36. The number of carboxylic acid groups (broad SMARTS) is 1. The van der Waals surface area contributed by atoms with Crippen molar-refractivity contribution in [2.75, 3.05) is 46.8 Å². The highest BCUT2D eigenvalue weighted by Gasteiger charge is 2.18. The highest BCUT2D eigenvalue weighted by Crippen LogP contribution is 2.10. The summed E-state index contributed by atoms with van der Waals surface area (Å²) in [5.74, 6) is -0.721. The molecular weight excluding hydrogens is 230 g/mol. The second-order valence-electron chi connectivity index (χ2n) is 5.39. The van der Waals surface area contributed by atoms with Gasteiger partial charge in [-0.05, 0) is 53.0 Å². The lowest BCUT2D eigenvalue weighted by Crippen LogP contribution is -2.46. The van der Waals surface area contributed by atoms with E-state index in [4.69, 9.17) is 5.11 Å². The zero-order valence-electron chi connectivity index (χ0n) is 11.7. The Morgan fingerprint density at radius 1 is 1.50 bits per heavy atom. The maximum Gasteiger partial charge on any atom is 0.304 e. The number of piperidine rings is 1. The molecule has 0 aliphatic carbocycles. The molecule has 0 spiro atoms. The molecule has 0 amide bonds. The van der Waals surface area contributed by atoms with Crippen molar-refractivity contribution < 1.29 is 9.90 Å². The van der Waals surface area contributed by atoms with E-state index in [9.17, 15) is 4.79 Å². The van der Waals surface area contributed by atoms with Gasteiger partial charge in [0.25, 0.3) is 0 Å². The molecular formula is C13H27N3O2. The van der Waals surface area contributed by atoms with Crippen LogP contribution in [0.25, 0.3) is 0 Å². The van der Waals surface area contributed by atoms with Gasteiger partial charge in [-0.25, -0.2) is 0 Å². The van der Waals surface area contributed by atoms with E-state index in [0.29, 0.717) is 12.6 Å². The predicted octanol–water partition coefficient (Wildman–Crippen LogP) is 0.467. The average molecular weight is 257 g/mol. The lowest BCUT2D eigenvalue weighted by molar-refractivity contribution is -0.136. The molecule has 5 nitrogen and oxygen atoms in total. The smallest absolute Gasteiger partial charge is 0.304 e. The molecule has 1 fully saturated rings. The Labute approximate surface area is 110 Å². The van der Waals surface area contributed by atoms with Gasteiger partial charge in [0, 0.05) is 19.1 Å².